The van der Waals surface area contributed by atoms with E-state index in [2.05, 4.69) is 5.32 Å². The van der Waals surface area contributed by atoms with E-state index in [1.165, 1.54) is 11.3 Å². The summed E-state index contributed by atoms with van der Waals surface area (Å²) in [4.78, 5) is 12.5. The van der Waals surface area contributed by atoms with Crippen LogP contribution in [0.5, 0.6) is 0 Å². The number of carbonyl (C=O) groups is 1. The van der Waals surface area contributed by atoms with Crippen LogP contribution in [0.25, 0.3) is 0 Å². The quantitative estimate of drug-likeness (QED) is 0.874. The molecule has 0 aliphatic heterocycles. The van der Waals surface area contributed by atoms with Crippen molar-refractivity contribution in [2.45, 2.75) is 26.3 Å². The molecule has 0 fully saturated rings. The minimum absolute atomic E-state index is 0.112. The van der Waals surface area contributed by atoms with Gasteiger partial charge in [-0.2, -0.15) is 0 Å². The normalized spacial score (nSPS) is 14.9. The fourth-order valence-corrected chi connectivity index (χ4v) is 2.13. The van der Waals surface area contributed by atoms with Crippen molar-refractivity contribution in [2.75, 3.05) is 6.54 Å². The van der Waals surface area contributed by atoms with E-state index in [-0.39, 0.29) is 17.4 Å². The van der Waals surface area contributed by atoms with Crippen LogP contribution in [0.4, 0.5) is 0 Å². The average molecular weight is 261 g/mol. The van der Waals surface area contributed by atoms with E-state index in [1.54, 1.807) is 12.1 Å². The van der Waals surface area contributed by atoms with Crippen LogP contribution < -0.4 is 11.1 Å². The molecular formula is C11H17ClN2OS. The molecule has 1 atom stereocenters. The first-order chi connectivity index (χ1) is 7.39. The van der Waals surface area contributed by atoms with Gasteiger partial charge in [-0.3, -0.25) is 4.79 Å². The lowest BCUT2D eigenvalue weighted by atomic mass is 9.88. The van der Waals surface area contributed by atoms with Crippen molar-refractivity contribution in [3.05, 3.63) is 21.3 Å². The standard InChI is InChI=1S/C11H17ClN2OS/c1-7(2)11(3,6-13)14-10(15)8-4-5-9(12)16-8/h4-5,7H,6,13H2,1-3H3,(H,14,15). The summed E-state index contributed by atoms with van der Waals surface area (Å²) in [7, 11) is 0. The van der Waals surface area contributed by atoms with Crippen LogP contribution in [0.1, 0.15) is 30.4 Å². The van der Waals surface area contributed by atoms with Gasteiger partial charge in [0.1, 0.15) is 0 Å². The Morgan fingerprint density at radius 3 is 2.62 bits per heavy atom. The third-order valence-electron chi connectivity index (χ3n) is 2.89. The van der Waals surface area contributed by atoms with Crippen molar-refractivity contribution >= 4 is 28.8 Å². The average Bonchev–Trinajstić information content (AvgIpc) is 2.64. The van der Waals surface area contributed by atoms with Crippen molar-refractivity contribution in [3.8, 4) is 0 Å². The third-order valence-corrected chi connectivity index (χ3v) is 4.12. The van der Waals surface area contributed by atoms with Gasteiger partial charge in [-0.25, -0.2) is 0 Å². The second kappa shape index (κ2) is 5.17. The summed E-state index contributed by atoms with van der Waals surface area (Å²) in [5, 5.41) is 2.96. The molecule has 3 N–H and O–H groups in total. The Bertz CT molecular complexity index is 378. The Kier molecular flexibility index (Phi) is 4.35. The van der Waals surface area contributed by atoms with Gasteiger partial charge in [0, 0.05) is 6.54 Å². The minimum atomic E-state index is -0.381. The van der Waals surface area contributed by atoms with Gasteiger partial charge in [-0.1, -0.05) is 25.4 Å². The summed E-state index contributed by atoms with van der Waals surface area (Å²) in [6.45, 7) is 6.43. The maximum Gasteiger partial charge on any atom is 0.261 e. The van der Waals surface area contributed by atoms with Crippen LogP contribution >= 0.6 is 22.9 Å². The Morgan fingerprint density at radius 1 is 1.62 bits per heavy atom. The highest BCUT2D eigenvalue weighted by atomic mass is 35.5. The van der Waals surface area contributed by atoms with E-state index in [0.29, 0.717) is 15.8 Å². The van der Waals surface area contributed by atoms with Gasteiger partial charge >= 0.3 is 0 Å². The number of carbonyl (C=O) groups excluding carboxylic acids is 1. The smallest absolute Gasteiger partial charge is 0.261 e. The van der Waals surface area contributed by atoms with E-state index in [9.17, 15) is 4.79 Å². The number of nitrogens with two attached hydrogens (primary N) is 1. The number of thiophene rings is 1. The number of nitrogens with one attached hydrogen (secondary N) is 1. The molecule has 1 aromatic rings. The zero-order chi connectivity index (χ0) is 12.3. The molecule has 0 radical (unpaired) electrons. The predicted molar refractivity (Wildman–Crippen MR) is 69.1 cm³/mol. The molecular weight excluding hydrogens is 244 g/mol. The van der Waals surface area contributed by atoms with Crippen LogP contribution in [0.2, 0.25) is 4.34 Å². The second-order valence-electron chi connectivity index (χ2n) is 4.33. The zero-order valence-corrected chi connectivity index (χ0v) is 11.3. The molecule has 1 amide bonds. The molecule has 1 rings (SSSR count). The topological polar surface area (TPSA) is 55.1 Å². The number of hydrogen-bond donors (Lipinski definition) is 2. The predicted octanol–water partition coefficient (Wildman–Crippen LogP) is 2.50. The summed E-state index contributed by atoms with van der Waals surface area (Å²) in [5.41, 5.74) is 5.32. The molecule has 5 heteroatoms. The van der Waals surface area contributed by atoms with E-state index in [1.807, 2.05) is 20.8 Å². The van der Waals surface area contributed by atoms with E-state index in [4.69, 9.17) is 17.3 Å². The van der Waals surface area contributed by atoms with Crippen molar-refractivity contribution < 1.29 is 4.79 Å². The largest absolute Gasteiger partial charge is 0.345 e. The maximum atomic E-state index is 11.9. The lowest BCUT2D eigenvalue weighted by molar-refractivity contribution is 0.0887. The molecule has 90 valence electrons. The highest BCUT2D eigenvalue weighted by molar-refractivity contribution is 7.18. The molecule has 0 aromatic carbocycles. The van der Waals surface area contributed by atoms with Crippen LogP contribution in [0, 0.1) is 5.92 Å². The van der Waals surface area contributed by atoms with Crippen LogP contribution in [-0.4, -0.2) is 18.0 Å². The van der Waals surface area contributed by atoms with Gasteiger partial charge in [-0.05, 0) is 25.0 Å². The molecule has 0 aliphatic carbocycles. The first-order valence-corrected chi connectivity index (χ1v) is 6.36. The Balaban J connectivity index is 2.77. The minimum Gasteiger partial charge on any atom is -0.345 e. The molecule has 1 aromatic heterocycles. The van der Waals surface area contributed by atoms with Crippen molar-refractivity contribution in [1.29, 1.82) is 0 Å². The maximum absolute atomic E-state index is 11.9. The number of hydrogen-bond acceptors (Lipinski definition) is 3. The van der Waals surface area contributed by atoms with Gasteiger partial charge in [0.05, 0.1) is 14.8 Å². The van der Waals surface area contributed by atoms with Crippen LogP contribution in [0.3, 0.4) is 0 Å². The fourth-order valence-electron chi connectivity index (χ4n) is 1.19. The lowest BCUT2D eigenvalue weighted by Gasteiger charge is -2.33. The highest BCUT2D eigenvalue weighted by Gasteiger charge is 2.29. The van der Waals surface area contributed by atoms with Crippen LogP contribution in [0.15, 0.2) is 12.1 Å². The summed E-state index contributed by atoms with van der Waals surface area (Å²) in [5.74, 6) is 0.162. The monoisotopic (exact) mass is 260 g/mol. The molecule has 1 unspecified atom stereocenters. The summed E-state index contributed by atoms with van der Waals surface area (Å²) >= 11 is 7.06. The van der Waals surface area contributed by atoms with Crippen molar-refractivity contribution in [3.63, 3.8) is 0 Å². The van der Waals surface area contributed by atoms with Gasteiger partial charge in [-0.15, -0.1) is 11.3 Å². The zero-order valence-electron chi connectivity index (χ0n) is 9.71. The molecule has 1 heterocycles. The molecule has 16 heavy (non-hydrogen) atoms. The summed E-state index contributed by atoms with van der Waals surface area (Å²) in [6.07, 6.45) is 0. The first kappa shape index (κ1) is 13.5. The molecule has 0 saturated carbocycles. The molecule has 3 nitrogen and oxygen atoms in total. The van der Waals surface area contributed by atoms with Gasteiger partial charge in [0.2, 0.25) is 0 Å². The molecule has 0 spiro atoms. The first-order valence-electron chi connectivity index (χ1n) is 5.17. The van der Waals surface area contributed by atoms with E-state index in [0.717, 1.165) is 0 Å². The van der Waals surface area contributed by atoms with Crippen LogP contribution in [-0.2, 0) is 0 Å². The fraction of sp³-hybridized carbons (Fsp3) is 0.545. The summed E-state index contributed by atoms with van der Waals surface area (Å²) < 4.78 is 0.615. The van der Waals surface area contributed by atoms with E-state index < -0.39 is 0 Å². The van der Waals surface area contributed by atoms with Gasteiger partial charge < -0.3 is 11.1 Å². The summed E-state index contributed by atoms with van der Waals surface area (Å²) in [6, 6.07) is 3.44. The SMILES string of the molecule is CC(C)C(C)(CN)NC(=O)c1ccc(Cl)s1. The number of rotatable bonds is 4. The lowest BCUT2D eigenvalue weighted by Crippen LogP contribution is -2.54. The number of halogens is 1. The highest BCUT2D eigenvalue weighted by Crippen LogP contribution is 2.23. The Morgan fingerprint density at radius 2 is 2.25 bits per heavy atom. The van der Waals surface area contributed by atoms with Gasteiger partial charge in [0.15, 0.2) is 0 Å². The molecule has 0 bridgehead atoms. The van der Waals surface area contributed by atoms with Crippen molar-refractivity contribution in [1.82, 2.24) is 5.32 Å². The van der Waals surface area contributed by atoms with E-state index >= 15 is 0 Å². The Labute approximate surface area is 105 Å². The van der Waals surface area contributed by atoms with Gasteiger partial charge in [0.25, 0.3) is 5.91 Å². The Hall–Kier alpha value is -0.580. The second-order valence-corrected chi connectivity index (χ2v) is 6.05. The molecule has 0 aliphatic rings. The molecule has 0 saturated heterocycles. The number of amides is 1. The third kappa shape index (κ3) is 2.97. The van der Waals surface area contributed by atoms with Crippen molar-refractivity contribution in [2.24, 2.45) is 11.7 Å².